The minimum Gasteiger partial charge on any atom is -0.493 e. The zero-order valence-electron chi connectivity index (χ0n) is 17.4. The maximum atomic E-state index is 13.2. The topological polar surface area (TPSA) is 66.8 Å². The Bertz CT molecular complexity index is 1190. The van der Waals surface area contributed by atoms with Crippen molar-refractivity contribution >= 4 is 51.9 Å². The van der Waals surface area contributed by atoms with Crippen LogP contribution in [0.3, 0.4) is 0 Å². The number of anilines is 1. The Balaban J connectivity index is 1.68. The Morgan fingerprint density at radius 3 is 2.72 bits per heavy atom. The number of amides is 1. The largest absolute Gasteiger partial charge is 0.493 e. The van der Waals surface area contributed by atoms with Crippen LogP contribution in [0.25, 0.3) is 10.4 Å². The molecule has 5 nitrogen and oxygen atoms in total. The average molecular weight is 490 g/mol. The number of carbonyl (C=O) groups is 2. The van der Waals surface area contributed by atoms with Gasteiger partial charge in [-0.1, -0.05) is 23.2 Å². The van der Waals surface area contributed by atoms with Gasteiger partial charge in [0.25, 0.3) is 5.91 Å². The number of benzene rings is 2. The molecule has 0 aliphatic carbocycles. The second kappa shape index (κ2) is 9.63. The van der Waals surface area contributed by atoms with Crippen LogP contribution >= 0.6 is 34.5 Å². The van der Waals surface area contributed by atoms with Crippen LogP contribution in [0.1, 0.15) is 38.4 Å². The maximum absolute atomic E-state index is 13.2. The number of fused-ring (bicyclic) bond motifs is 3. The van der Waals surface area contributed by atoms with Crippen LogP contribution in [-0.2, 0) is 6.42 Å². The molecular formula is C24H21Cl2NO4S. The van der Waals surface area contributed by atoms with Crippen molar-refractivity contribution < 1.29 is 19.4 Å². The third kappa shape index (κ3) is 4.55. The number of rotatable bonds is 6. The molecule has 0 spiro atoms. The standard InChI is InChI=1S/C24H21Cl2NO4S/c1-27(19-6-5-16(25)13-18(19)26)24(30)22-12-15-8-10-31-21-7-4-14(20(29)3-2-9-28)11-17(21)23(15)32-22/h4-7,11-13,28H,2-3,8-10H2,1H3. The Morgan fingerprint density at radius 1 is 1.16 bits per heavy atom. The fourth-order valence-electron chi connectivity index (χ4n) is 3.64. The van der Waals surface area contributed by atoms with E-state index in [-0.39, 0.29) is 24.7 Å². The number of halogens is 2. The highest BCUT2D eigenvalue weighted by Gasteiger charge is 2.25. The van der Waals surface area contributed by atoms with E-state index in [1.54, 1.807) is 37.4 Å². The van der Waals surface area contributed by atoms with E-state index in [0.29, 0.717) is 51.4 Å². The highest BCUT2D eigenvalue weighted by Crippen LogP contribution is 2.42. The molecule has 0 saturated heterocycles. The summed E-state index contributed by atoms with van der Waals surface area (Å²) < 4.78 is 5.88. The van der Waals surface area contributed by atoms with Gasteiger partial charge in [0, 0.05) is 47.5 Å². The van der Waals surface area contributed by atoms with Crippen molar-refractivity contribution in [1.82, 2.24) is 0 Å². The summed E-state index contributed by atoms with van der Waals surface area (Å²) in [5.41, 5.74) is 2.96. The smallest absolute Gasteiger partial charge is 0.268 e. The lowest BCUT2D eigenvalue weighted by Crippen LogP contribution is -2.25. The third-order valence-corrected chi connectivity index (χ3v) is 7.07. The number of aliphatic hydroxyl groups excluding tert-OH is 1. The first kappa shape index (κ1) is 22.8. The monoisotopic (exact) mass is 489 g/mol. The lowest BCUT2D eigenvalue weighted by molar-refractivity contribution is 0.0969. The molecule has 0 fully saturated rings. The fourth-order valence-corrected chi connectivity index (χ4v) is 5.38. The molecule has 32 heavy (non-hydrogen) atoms. The van der Waals surface area contributed by atoms with Gasteiger partial charge in [-0.2, -0.15) is 0 Å². The number of Topliss-reactive ketones (excluding diaryl/α,β-unsaturated/α-hetero) is 1. The van der Waals surface area contributed by atoms with Gasteiger partial charge in [0.1, 0.15) is 5.75 Å². The number of ether oxygens (including phenoxy) is 1. The van der Waals surface area contributed by atoms with Crippen LogP contribution in [0.15, 0.2) is 42.5 Å². The number of nitrogens with zero attached hydrogens (tertiary/aromatic N) is 1. The summed E-state index contributed by atoms with van der Waals surface area (Å²) in [6, 6.07) is 12.3. The summed E-state index contributed by atoms with van der Waals surface area (Å²) in [4.78, 5) is 28.7. The molecule has 4 rings (SSSR count). The predicted octanol–water partition coefficient (Wildman–Crippen LogP) is 5.89. The molecule has 0 unspecified atom stereocenters. The van der Waals surface area contributed by atoms with Gasteiger partial charge in [-0.25, -0.2) is 0 Å². The summed E-state index contributed by atoms with van der Waals surface area (Å²) in [7, 11) is 1.68. The molecule has 0 bridgehead atoms. The second-order valence-corrected chi connectivity index (χ2v) is 9.38. The van der Waals surface area contributed by atoms with Gasteiger partial charge in [0.2, 0.25) is 0 Å². The van der Waals surface area contributed by atoms with E-state index in [1.807, 2.05) is 12.1 Å². The molecule has 0 atom stereocenters. The molecule has 1 aromatic heterocycles. The Morgan fingerprint density at radius 2 is 1.97 bits per heavy atom. The minimum absolute atomic E-state index is 0.0223. The highest BCUT2D eigenvalue weighted by atomic mass is 35.5. The molecule has 3 aromatic rings. The second-order valence-electron chi connectivity index (χ2n) is 7.48. The van der Waals surface area contributed by atoms with Crippen LogP contribution < -0.4 is 9.64 Å². The summed E-state index contributed by atoms with van der Waals surface area (Å²) in [6.07, 6.45) is 1.37. The van der Waals surface area contributed by atoms with E-state index >= 15 is 0 Å². The first-order valence-electron chi connectivity index (χ1n) is 10.2. The van der Waals surface area contributed by atoms with Crippen molar-refractivity contribution in [3.63, 3.8) is 0 Å². The molecule has 1 aliphatic heterocycles. The van der Waals surface area contributed by atoms with Gasteiger partial charge < -0.3 is 14.7 Å². The summed E-state index contributed by atoms with van der Waals surface area (Å²) in [5.74, 6) is 0.486. The molecule has 0 radical (unpaired) electrons. The molecule has 2 aromatic carbocycles. The summed E-state index contributed by atoms with van der Waals surface area (Å²) in [6.45, 7) is 0.465. The predicted molar refractivity (Wildman–Crippen MR) is 129 cm³/mol. The van der Waals surface area contributed by atoms with E-state index in [2.05, 4.69) is 0 Å². The quantitative estimate of drug-likeness (QED) is 0.438. The summed E-state index contributed by atoms with van der Waals surface area (Å²) in [5, 5.41) is 9.92. The molecule has 1 aliphatic rings. The molecular weight excluding hydrogens is 469 g/mol. The van der Waals surface area contributed by atoms with Gasteiger partial charge in [0.15, 0.2) is 5.78 Å². The van der Waals surface area contributed by atoms with Crippen molar-refractivity contribution in [1.29, 1.82) is 0 Å². The fraction of sp³-hybridized carbons (Fsp3) is 0.250. The highest BCUT2D eigenvalue weighted by molar-refractivity contribution is 7.17. The molecule has 2 heterocycles. The molecule has 0 saturated carbocycles. The van der Waals surface area contributed by atoms with Gasteiger partial charge in [-0.3, -0.25) is 9.59 Å². The SMILES string of the molecule is CN(C(=O)c1cc2c(s1)-c1cc(C(=O)CCCO)ccc1OCC2)c1ccc(Cl)cc1Cl. The normalized spacial score (nSPS) is 12.4. The van der Waals surface area contributed by atoms with E-state index in [9.17, 15) is 9.59 Å². The van der Waals surface area contributed by atoms with E-state index < -0.39 is 0 Å². The van der Waals surface area contributed by atoms with Crippen LogP contribution in [0.2, 0.25) is 10.0 Å². The number of carbonyl (C=O) groups excluding carboxylic acids is 2. The Hall–Kier alpha value is -2.38. The number of ketones is 1. The first-order valence-corrected chi connectivity index (χ1v) is 11.7. The molecule has 166 valence electrons. The molecule has 8 heteroatoms. The van der Waals surface area contributed by atoms with Gasteiger partial charge in [0.05, 0.1) is 22.2 Å². The van der Waals surface area contributed by atoms with Crippen LogP contribution in [-0.4, -0.2) is 37.1 Å². The van der Waals surface area contributed by atoms with Crippen molar-refractivity contribution in [3.05, 3.63) is 68.5 Å². The van der Waals surface area contributed by atoms with E-state index in [0.717, 1.165) is 16.0 Å². The van der Waals surface area contributed by atoms with E-state index in [4.69, 9.17) is 33.0 Å². The zero-order chi connectivity index (χ0) is 22.8. The van der Waals surface area contributed by atoms with Crippen molar-refractivity contribution in [2.45, 2.75) is 19.3 Å². The minimum atomic E-state index is -0.176. The number of aliphatic hydroxyl groups is 1. The average Bonchev–Trinajstić information content (AvgIpc) is 3.13. The van der Waals surface area contributed by atoms with Crippen LogP contribution in [0.5, 0.6) is 5.75 Å². The molecule has 1 amide bonds. The van der Waals surface area contributed by atoms with E-state index in [1.165, 1.54) is 16.2 Å². The van der Waals surface area contributed by atoms with Crippen LogP contribution in [0, 0.1) is 0 Å². The number of hydrogen-bond donors (Lipinski definition) is 1. The van der Waals surface area contributed by atoms with Crippen molar-refractivity contribution in [2.24, 2.45) is 0 Å². The third-order valence-electron chi connectivity index (χ3n) is 5.33. The Labute approximate surface area is 200 Å². The zero-order valence-corrected chi connectivity index (χ0v) is 19.7. The maximum Gasteiger partial charge on any atom is 0.268 e. The lowest BCUT2D eigenvalue weighted by Gasteiger charge is -2.18. The summed E-state index contributed by atoms with van der Waals surface area (Å²) >= 11 is 13.6. The number of hydrogen-bond acceptors (Lipinski definition) is 5. The first-order chi connectivity index (χ1) is 15.4. The van der Waals surface area contributed by atoms with Crippen molar-refractivity contribution in [3.8, 4) is 16.2 Å². The number of thiophene rings is 1. The van der Waals surface area contributed by atoms with Crippen LogP contribution in [0.4, 0.5) is 5.69 Å². The van der Waals surface area contributed by atoms with Gasteiger partial charge in [-0.05, 0) is 54.4 Å². The molecule has 1 N–H and O–H groups in total. The lowest BCUT2D eigenvalue weighted by atomic mass is 10.0. The Kier molecular flexibility index (Phi) is 6.86. The van der Waals surface area contributed by atoms with Crippen molar-refractivity contribution in [2.75, 3.05) is 25.2 Å². The van der Waals surface area contributed by atoms with Gasteiger partial charge >= 0.3 is 0 Å². The van der Waals surface area contributed by atoms with Gasteiger partial charge in [-0.15, -0.1) is 11.3 Å².